The zero-order valence-corrected chi connectivity index (χ0v) is 12.5. The first-order valence-electron chi connectivity index (χ1n) is 6.75. The molecule has 1 aromatic carbocycles. The molecule has 0 saturated heterocycles. The van der Waals surface area contributed by atoms with Crippen molar-refractivity contribution in [2.45, 2.75) is 31.1 Å². The molecule has 21 heavy (non-hydrogen) atoms. The minimum atomic E-state index is -3.71. The lowest BCUT2D eigenvalue weighted by atomic mass is 10.1. The van der Waals surface area contributed by atoms with Crippen LogP contribution in [0.4, 0.5) is 4.39 Å². The molecule has 1 aliphatic rings. The van der Waals surface area contributed by atoms with Gasteiger partial charge in [0, 0.05) is 13.6 Å². The lowest BCUT2D eigenvalue weighted by Gasteiger charge is -2.24. The lowest BCUT2D eigenvalue weighted by Crippen LogP contribution is -2.40. The van der Waals surface area contributed by atoms with Crippen LogP contribution in [-0.2, 0) is 21.4 Å². The summed E-state index contributed by atoms with van der Waals surface area (Å²) in [5, 5.41) is 8.23. The molecule has 7 heteroatoms. The van der Waals surface area contributed by atoms with Crippen LogP contribution in [0.25, 0.3) is 0 Å². The van der Waals surface area contributed by atoms with Gasteiger partial charge in [-0.2, -0.15) is 0 Å². The van der Waals surface area contributed by atoms with E-state index >= 15 is 0 Å². The molecule has 0 heterocycles. The smallest absolute Gasteiger partial charge is 0.307 e. The van der Waals surface area contributed by atoms with Gasteiger partial charge in [-0.15, -0.1) is 0 Å². The Bertz CT molecular complexity index is 632. The normalized spacial score (nSPS) is 22.6. The second kappa shape index (κ2) is 6.11. The average Bonchev–Trinajstić information content (AvgIpc) is 2.88. The van der Waals surface area contributed by atoms with Crippen molar-refractivity contribution < 1.29 is 22.7 Å². The highest BCUT2D eigenvalue weighted by atomic mass is 32.2. The Balaban J connectivity index is 2.17. The van der Waals surface area contributed by atoms with Crippen LogP contribution in [-0.4, -0.2) is 36.1 Å². The van der Waals surface area contributed by atoms with Gasteiger partial charge in [-0.05, 0) is 30.5 Å². The van der Waals surface area contributed by atoms with Gasteiger partial charge < -0.3 is 5.11 Å². The Morgan fingerprint density at radius 3 is 2.76 bits per heavy atom. The number of benzene rings is 1. The fraction of sp³-hybridized carbons (Fsp3) is 0.500. The van der Waals surface area contributed by atoms with Crippen molar-refractivity contribution >= 4 is 16.0 Å². The third-order valence-corrected chi connectivity index (χ3v) is 6.21. The number of nitrogens with zero attached hydrogens (tertiary/aromatic N) is 1. The number of hydrogen-bond acceptors (Lipinski definition) is 3. The van der Waals surface area contributed by atoms with E-state index in [0.717, 1.165) is 4.31 Å². The molecule has 1 aliphatic carbocycles. The molecule has 116 valence electrons. The molecule has 0 spiro atoms. The van der Waals surface area contributed by atoms with Crippen molar-refractivity contribution in [3.8, 4) is 0 Å². The van der Waals surface area contributed by atoms with E-state index in [2.05, 4.69) is 0 Å². The van der Waals surface area contributed by atoms with Gasteiger partial charge in [0.15, 0.2) is 0 Å². The minimum absolute atomic E-state index is 0.0307. The summed E-state index contributed by atoms with van der Waals surface area (Å²) in [6.07, 6.45) is 1.33. The standard InChI is InChI=1S/C14H18FNO4S/c1-16(9-10-4-2-5-11(15)8-10)21(19,20)13-7-3-6-12(13)14(17)18/h2,4-5,8,12-13H,3,6-7,9H2,1H3,(H,17,18). The molecule has 0 aliphatic heterocycles. The third kappa shape index (κ3) is 3.41. The number of carboxylic acids is 1. The summed E-state index contributed by atoms with van der Waals surface area (Å²) < 4.78 is 39.3. The maximum Gasteiger partial charge on any atom is 0.307 e. The van der Waals surface area contributed by atoms with Gasteiger partial charge in [-0.1, -0.05) is 18.6 Å². The molecule has 2 rings (SSSR count). The fourth-order valence-electron chi connectivity index (χ4n) is 2.78. The second-order valence-electron chi connectivity index (χ2n) is 5.34. The highest BCUT2D eigenvalue weighted by Gasteiger charge is 2.43. The van der Waals surface area contributed by atoms with Crippen LogP contribution in [0.15, 0.2) is 24.3 Å². The monoisotopic (exact) mass is 315 g/mol. The van der Waals surface area contributed by atoms with Crippen LogP contribution in [0.5, 0.6) is 0 Å². The van der Waals surface area contributed by atoms with E-state index in [1.807, 2.05) is 0 Å². The molecular formula is C14H18FNO4S. The molecule has 1 N–H and O–H groups in total. The SMILES string of the molecule is CN(Cc1cccc(F)c1)S(=O)(=O)C1CCCC1C(=O)O. The van der Waals surface area contributed by atoms with Gasteiger partial charge in [0.1, 0.15) is 5.82 Å². The van der Waals surface area contributed by atoms with Crippen LogP contribution in [0.3, 0.4) is 0 Å². The number of rotatable bonds is 5. The molecule has 0 aromatic heterocycles. The molecule has 0 bridgehead atoms. The first-order chi connectivity index (χ1) is 9.82. The Kier molecular flexibility index (Phi) is 4.63. The number of hydrogen-bond donors (Lipinski definition) is 1. The van der Waals surface area contributed by atoms with E-state index in [-0.39, 0.29) is 6.54 Å². The summed E-state index contributed by atoms with van der Waals surface area (Å²) >= 11 is 0. The summed E-state index contributed by atoms with van der Waals surface area (Å²) in [6, 6.07) is 5.71. The van der Waals surface area contributed by atoms with Gasteiger partial charge >= 0.3 is 5.97 Å². The Hall–Kier alpha value is -1.47. The third-order valence-electron chi connectivity index (χ3n) is 3.88. The molecule has 1 aromatic rings. The van der Waals surface area contributed by atoms with Crippen LogP contribution in [0.2, 0.25) is 0 Å². The highest BCUT2D eigenvalue weighted by Crippen LogP contribution is 2.33. The summed E-state index contributed by atoms with van der Waals surface area (Å²) in [5.41, 5.74) is 0.533. The number of aliphatic carboxylic acids is 1. The molecular weight excluding hydrogens is 297 g/mol. The topological polar surface area (TPSA) is 74.7 Å². The Labute approximate surface area is 123 Å². The molecule has 5 nitrogen and oxygen atoms in total. The summed E-state index contributed by atoms with van der Waals surface area (Å²) in [5.74, 6) is -2.35. The minimum Gasteiger partial charge on any atom is -0.481 e. The van der Waals surface area contributed by atoms with Crippen LogP contribution < -0.4 is 0 Å². The van der Waals surface area contributed by atoms with Gasteiger partial charge in [-0.3, -0.25) is 4.79 Å². The number of halogens is 1. The lowest BCUT2D eigenvalue weighted by molar-refractivity contribution is -0.141. The summed E-state index contributed by atoms with van der Waals surface area (Å²) in [7, 11) is -2.31. The largest absolute Gasteiger partial charge is 0.481 e. The van der Waals surface area contributed by atoms with E-state index in [1.54, 1.807) is 6.07 Å². The van der Waals surface area contributed by atoms with E-state index in [4.69, 9.17) is 5.11 Å². The van der Waals surface area contributed by atoms with Gasteiger partial charge in [0.2, 0.25) is 10.0 Å². The van der Waals surface area contributed by atoms with E-state index in [0.29, 0.717) is 24.8 Å². The number of sulfonamides is 1. The molecule has 1 saturated carbocycles. The molecule has 0 amide bonds. The molecule has 2 atom stereocenters. The predicted molar refractivity (Wildman–Crippen MR) is 75.6 cm³/mol. The first-order valence-corrected chi connectivity index (χ1v) is 8.25. The maximum atomic E-state index is 13.1. The quantitative estimate of drug-likeness (QED) is 0.899. The van der Waals surface area contributed by atoms with E-state index in [9.17, 15) is 17.6 Å². The maximum absolute atomic E-state index is 13.1. The van der Waals surface area contributed by atoms with Crippen molar-refractivity contribution in [2.75, 3.05) is 7.05 Å². The molecule has 0 radical (unpaired) electrons. The van der Waals surface area contributed by atoms with Gasteiger partial charge in [0.05, 0.1) is 11.2 Å². The number of carbonyl (C=O) groups is 1. The zero-order valence-electron chi connectivity index (χ0n) is 11.7. The van der Waals surface area contributed by atoms with Crippen molar-refractivity contribution in [2.24, 2.45) is 5.92 Å². The predicted octanol–water partition coefficient (Wildman–Crippen LogP) is 1.84. The van der Waals surface area contributed by atoms with Crippen LogP contribution >= 0.6 is 0 Å². The van der Waals surface area contributed by atoms with Crippen LogP contribution in [0.1, 0.15) is 24.8 Å². The zero-order chi connectivity index (χ0) is 15.6. The van der Waals surface area contributed by atoms with Crippen molar-refractivity contribution in [1.29, 1.82) is 0 Å². The van der Waals surface area contributed by atoms with Crippen molar-refractivity contribution in [1.82, 2.24) is 4.31 Å². The fourth-order valence-corrected chi connectivity index (χ4v) is 4.70. The Morgan fingerprint density at radius 1 is 1.43 bits per heavy atom. The summed E-state index contributed by atoms with van der Waals surface area (Å²) in [4.78, 5) is 11.2. The molecule has 2 unspecified atom stereocenters. The Morgan fingerprint density at radius 2 is 2.14 bits per heavy atom. The van der Waals surface area contributed by atoms with E-state index in [1.165, 1.54) is 25.2 Å². The van der Waals surface area contributed by atoms with Crippen molar-refractivity contribution in [3.63, 3.8) is 0 Å². The van der Waals surface area contributed by atoms with Gasteiger partial charge in [-0.25, -0.2) is 17.1 Å². The number of carboxylic acid groups (broad SMARTS) is 1. The van der Waals surface area contributed by atoms with E-state index < -0.39 is 33.0 Å². The first kappa shape index (κ1) is 15.9. The van der Waals surface area contributed by atoms with Gasteiger partial charge in [0.25, 0.3) is 0 Å². The van der Waals surface area contributed by atoms with Crippen molar-refractivity contribution in [3.05, 3.63) is 35.6 Å². The average molecular weight is 315 g/mol. The summed E-state index contributed by atoms with van der Waals surface area (Å²) in [6.45, 7) is 0.0307. The highest BCUT2D eigenvalue weighted by molar-refractivity contribution is 7.89. The second-order valence-corrected chi connectivity index (χ2v) is 7.60. The molecule has 1 fully saturated rings. The van der Waals surface area contributed by atoms with Crippen LogP contribution in [0, 0.1) is 11.7 Å².